The van der Waals surface area contributed by atoms with Crippen molar-refractivity contribution >= 4 is 51.5 Å². The van der Waals surface area contributed by atoms with Crippen molar-refractivity contribution in [2.45, 2.75) is 0 Å². The second kappa shape index (κ2) is 6.12. The predicted molar refractivity (Wildman–Crippen MR) is 89.2 cm³/mol. The monoisotopic (exact) mass is 382 g/mol. The highest BCUT2D eigenvalue weighted by Crippen LogP contribution is 2.23. The molecule has 0 spiro atoms. The van der Waals surface area contributed by atoms with Gasteiger partial charge in [-0.1, -0.05) is 30.3 Å². The molecule has 96 valence electrons. The fourth-order valence-corrected chi connectivity index (χ4v) is 2.48. The molecular formula is C14H11IN2OS. The summed E-state index contributed by atoms with van der Waals surface area (Å²) in [6.07, 6.45) is 0. The van der Waals surface area contributed by atoms with Crippen molar-refractivity contribution in [2.24, 2.45) is 5.73 Å². The molecule has 0 bridgehead atoms. The first-order valence-electron chi connectivity index (χ1n) is 5.54. The Kier molecular flexibility index (Phi) is 4.49. The SMILES string of the molecule is NC(=S)N(C(=O)c1ccccc1)c1ccccc1I. The van der Waals surface area contributed by atoms with Crippen LogP contribution in [0.15, 0.2) is 54.6 Å². The fraction of sp³-hybridized carbons (Fsp3) is 0. The quantitative estimate of drug-likeness (QED) is 0.641. The van der Waals surface area contributed by atoms with E-state index in [2.05, 4.69) is 22.6 Å². The third kappa shape index (κ3) is 3.10. The van der Waals surface area contributed by atoms with Gasteiger partial charge in [-0.15, -0.1) is 0 Å². The van der Waals surface area contributed by atoms with Gasteiger partial charge in [-0.3, -0.25) is 9.69 Å². The number of halogens is 1. The lowest BCUT2D eigenvalue weighted by Crippen LogP contribution is -2.41. The van der Waals surface area contributed by atoms with Gasteiger partial charge in [-0.05, 0) is 59.1 Å². The van der Waals surface area contributed by atoms with Crippen LogP contribution in [0.4, 0.5) is 5.69 Å². The molecule has 0 unspecified atom stereocenters. The van der Waals surface area contributed by atoms with Crippen molar-refractivity contribution in [3.05, 3.63) is 63.7 Å². The molecule has 0 aliphatic carbocycles. The third-order valence-corrected chi connectivity index (χ3v) is 3.63. The minimum Gasteiger partial charge on any atom is -0.376 e. The summed E-state index contributed by atoms with van der Waals surface area (Å²) >= 11 is 7.17. The smallest absolute Gasteiger partial charge is 0.264 e. The fourth-order valence-electron chi connectivity index (χ4n) is 1.67. The normalized spacial score (nSPS) is 9.95. The maximum Gasteiger partial charge on any atom is 0.264 e. The number of nitrogens with zero attached hydrogens (tertiary/aromatic N) is 1. The lowest BCUT2D eigenvalue weighted by molar-refractivity contribution is 0.100. The summed E-state index contributed by atoms with van der Waals surface area (Å²) in [5.41, 5.74) is 6.96. The van der Waals surface area contributed by atoms with Crippen LogP contribution in [-0.4, -0.2) is 11.0 Å². The summed E-state index contributed by atoms with van der Waals surface area (Å²) in [5, 5.41) is 0.0398. The molecule has 0 heterocycles. The van der Waals surface area contributed by atoms with E-state index in [1.165, 1.54) is 4.90 Å². The predicted octanol–water partition coefficient (Wildman–Crippen LogP) is 3.18. The maximum absolute atomic E-state index is 12.5. The zero-order valence-electron chi connectivity index (χ0n) is 9.92. The van der Waals surface area contributed by atoms with Crippen LogP contribution in [0.25, 0.3) is 0 Å². The molecule has 0 aliphatic heterocycles. The van der Waals surface area contributed by atoms with Gasteiger partial charge >= 0.3 is 0 Å². The van der Waals surface area contributed by atoms with E-state index in [0.29, 0.717) is 11.3 Å². The number of hydrogen-bond acceptors (Lipinski definition) is 2. The van der Waals surface area contributed by atoms with Crippen LogP contribution in [0, 0.1) is 3.57 Å². The Morgan fingerprint density at radius 3 is 2.21 bits per heavy atom. The number of para-hydroxylation sites is 1. The summed E-state index contributed by atoms with van der Waals surface area (Å²) in [4.78, 5) is 13.8. The van der Waals surface area contributed by atoms with Crippen molar-refractivity contribution in [1.82, 2.24) is 0 Å². The highest BCUT2D eigenvalue weighted by molar-refractivity contribution is 14.1. The zero-order chi connectivity index (χ0) is 13.8. The Labute approximate surface area is 130 Å². The minimum absolute atomic E-state index is 0.0398. The molecule has 0 aliphatic rings. The largest absolute Gasteiger partial charge is 0.376 e. The Morgan fingerprint density at radius 2 is 1.63 bits per heavy atom. The van der Waals surface area contributed by atoms with Crippen molar-refractivity contribution in [3.63, 3.8) is 0 Å². The second-order valence-electron chi connectivity index (χ2n) is 3.80. The maximum atomic E-state index is 12.5. The molecule has 2 aromatic rings. The zero-order valence-corrected chi connectivity index (χ0v) is 12.9. The Hall–Kier alpha value is -1.47. The van der Waals surface area contributed by atoms with E-state index in [-0.39, 0.29) is 11.0 Å². The van der Waals surface area contributed by atoms with Crippen molar-refractivity contribution in [3.8, 4) is 0 Å². The van der Waals surface area contributed by atoms with Crippen molar-refractivity contribution in [1.29, 1.82) is 0 Å². The van der Waals surface area contributed by atoms with Gasteiger partial charge in [0.25, 0.3) is 5.91 Å². The molecule has 5 heteroatoms. The van der Waals surface area contributed by atoms with Gasteiger partial charge in [0.15, 0.2) is 5.11 Å². The average Bonchev–Trinajstić information content (AvgIpc) is 2.42. The molecule has 0 saturated heterocycles. The van der Waals surface area contributed by atoms with Crippen LogP contribution in [0.2, 0.25) is 0 Å². The molecule has 2 N–H and O–H groups in total. The number of anilines is 1. The van der Waals surface area contributed by atoms with E-state index >= 15 is 0 Å². The van der Waals surface area contributed by atoms with Gasteiger partial charge in [-0.25, -0.2) is 0 Å². The number of nitrogens with two attached hydrogens (primary N) is 1. The van der Waals surface area contributed by atoms with E-state index in [1.54, 1.807) is 24.3 Å². The van der Waals surface area contributed by atoms with Gasteiger partial charge < -0.3 is 5.73 Å². The van der Waals surface area contributed by atoms with E-state index in [4.69, 9.17) is 18.0 Å². The van der Waals surface area contributed by atoms with Gasteiger partial charge in [-0.2, -0.15) is 0 Å². The topological polar surface area (TPSA) is 46.3 Å². The van der Waals surface area contributed by atoms with Gasteiger partial charge in [0.2, 0.25) is 0 Å². The first-order valence-corrected chi connectivity index (χ1v) is 7.03. The van der Waals surface area contributed by atoms with E-state index in [0.717, 1.165) is 3.57 Å². The molecule has 3 nitrogen and oxygen atoms in total. The third-order valence-electron chi connectivity index (χ3n) is 2.54. The highest BCUT2D eigenvalue weighted by Gasteiger charge is 2.21. The first kappa shape index (κ1) is 14.0. The van der Waals surface area contributed by atoms with E-state index < -0.39 is 0 Å². The Morgan fingerprint density at radius 1 is 1.05 bits per heavy atom. The van der Waals surface area contributed by atoms with Crippen LogP contribution in [0.3, 0.4) is 0 Å². The number of amides is 1. The number of carbonyl (C=O) groups is 1. The molecule has 0 aromatic heterocycles. The number of benzene rings is 2. The highest BCUT2D eigenvalue weighted by atomic mass is 127. The lowest BCUT2D eigenvalue weighted by atomic mass is 10.2. The van der Waals surface area contributed by atoms with Gasteiger partial charge in [0.1, 0.15) is 0 Å². The molecular weight excluding hydrogens is 371 g/mol. The molecule has 0 fully saturated rings. The summed E-state index contributed by atoms with van der Waals surface area (Å²) in [6, 6.07) is 16.4. The minimum atomic E-state index is -0.225. The number of carbonyl (C=O) groups excluding carboxylic acids is 1. The summed E-state index contributed by atoms with van der Waals surface area (Å²) in [6.45, 7) is 0. The van der Waals surface area contributed by atoms with Crippen LogP contribution in [0.1, 0.15) is 10.4 Å². The average molecular weight is 382 g/mol. The standard InChI is InChI=1S/C14H11IN2OS/c15-11-8-4-5-9-12(11)17(14(16)19)13(18)10-6-2-1-3-7-10/h1-9H,(H2,16,19). The molecule has 0 atom stereocenters. The Balaban J connectivity index is 2.45. The first-order chi connectivity index (χ1) is 9.11. The van der Waals surface area contributed by atoms with Gasteiger partial charge in [0, 0.05) is 9.13 Å². The van der Waals surface area contributed by atoms with Crippen LogP contribution >= 0.6 is 34.8 Å². The summed E-state index contributed by atoms with van der Waals surface area (Å²) in [7, 11) is 0. The molecule has 2 aromatic carbocycles. The Bertz CT molecular complexity index is 616. The lowest BCUT2D eigenvalue weighted by Gasteiger charge is -2.22. The van der Waals surface area contributed by atoms with Gasteiger partial charge in [0.05, 0.1) is 5.69 Å². The van der Waals surface area contributed by atoms with Crippen LogP contribution in [-0.2, 0) is 0 Å². The number of thiocarbonyl (C=S) groups is 1. The summed E-state index contributed by atoms with van der Waals surface area (Å²) in [5.74, 6) is -0.225. The van der Waals surface area contributed by atoms with Crippen LogP contribution < -0.4 is 10.6 Å². The number of rotatable bonds is 2. The summed E-state index contributed by atoms with van der Waals surface area (Å²) < 4.78 is 0.914. The van der Waals surface area contributed by atoms with Crippen LogP contribution in [0.5, 0.6) is 0 Å². The number of hydrogen-bond donors (Lipinski definition) is 1. The molecule has 0 radical (unpaired) electrons. The molecule has 19 heavy (non-hydrogen) atoms. The molecule has 2 rings (SSSR count). The van der Waals surface area contributed by atoms with E-state index in [1.807, 2.05) is 30.3 Å². The molecule has 1 amide bonds. The van der Waals surface area contributed by atoms with Crippen molar-refractivity contribution in [2.75, 3.05) is 4.90 Å². The second-order valence-corrected chi connectivity index (χ2v) is 5.38. The van der Waals surface area contributed by atoms with E-state index in [9.17, 15) is 4.79 Å². The van der Waals surface area contributed by atoms with Crippen molar-refractivity contribution < 1.29 is 4.79 Å². The molecule has 0 saturated carbocycles.